The fourth-order valence-electron chi connectivity index (χ4n) is 12.3. The van der Waals surface area contributed by atoms with Gasteiger partial charge in [-0.25, -0.2) is 24.9 Å². The second-order valence-corrected chi connectivity index (χ2v) is 22.0. The molecule has 0 fully saturated rings. The maximum atomic E-state index is 6.36. The SMILES string of the molecule is CC1(C)c2ccccc2-c2ccc(-c3nc(-c4cccc(-c5cccc(-c6cc(-c7ccc(-c8ccccc8)cc7)nc(-c7ccc8c(c7)oc7ccccc78)n6)c5)c4)nc(-c4ccc5c(c4)C(C)(C)c4ccccc4-5)n3)cc21. The number of rotatable bonds is 8. The summed E-state index contributed by atoms with van der Waals surface area (Å²) in [6, 6.07) is 83.7. The molecule has 79 heavy (non-hydrogen) atoms. The Balaban J connectivity index is 0.835. The van der Waals surface area contributed by atoms with Crippen LogP contribution in [0.4, 0.5) is 0 Å². The highest BCUT2D eigenvalue weighted by atomic mass is 16.3. The second kappa shape index (κ2) is 17.8. The number of aromatic nitrogens is 5. The first-order valence-electron chi connectivity index (χ1n) is 27.0. The van der Waals surface area contributed by atoms with Crippen LogP contribution in [0.25, 0.3) is 135 Å². The quantitative estimate of drug-likeness (QED) is 0.151. The molecule has 0 saturated heterocycles. The Labute approximate surface area is 458 Å². The maximum Gasteiger partial charge on any atom is 0.164 e. The normalized spacial score (nSPS) is 13.5. The van der Waals surface area contributed by atoms with E-state index in [1.54, 1.807) is 0 Å². The molecule has 6 nitrogen and oxygen atoms in total. The fraction of sp³-hybridized carbons (Fsp3) is 0.0822. The molecule has 374 valence electrons. The molecule has 3 heterocycles. The zero-order valence-corrected chi connectivity index (χ0v) is 44.2. The molecule has 0 atom stereocenters. The number of hydrogen-bond acceptors (Lipinski definition) is 6. The van der Waals surface area contributed by atoms with E-state index >= 15 is 0 Å². The van der Waals surface area contributed by atoms with E-state index in [1.807, 2.05) is 24.3 Å². The third-order valence-corrected chi connectivity index (χ3v) is 16.6. The number of furan rings is 1. The number of hydrogen-bond donors (Lipinski definition) is 0. The molecule has 15 rings (SSSR count). The standard InChI is InChI=1S/C73H51N5O/c1-72(2)60-25-11-8-22-54(60)56-35-32-51(40-62(56)72)70-76-69(77-71(78-70)52-33-36-57-55-23-9-12-26-61(55)73(3,4)63(57)41-52)50-21-15-19-48(39-50)47-18-14-20-49(38-47)65-43-64(46-30-28-45(29-31-46)44-16-6-5-7-17-44)74-68(75-65)53-34-37-59-58-24-10-13-27-66(58)79-67(59)42-53/h5-43H,1-4H3. The summed E-state index contributed by atoms with van der Waals surface area (Å²) in [5.74, 6) is 2.49. The summed E-state index contributed by atoms with van der Waals surface area (Å²) in [6.07, 6.45) is 0. The molecule has 0 N–H and O–H groups in total. The molecule has 0 bridgehead atoms. The topological polar surface area (TPSA) is 77.6 Å². The highest BCUT2D eigenvalue weighted by molar-refractivity contribution is 6.05. The van der Waals surface area contributed by atoms with Gasteiger partial charge >= 0.3 is 0 Å². The summed E-state index contributed by atoms with van der Waals surface area (Å²) < 4.78 is 6.36. The lowest BCUT2D eigenvalue weighted by molar-refractivity contribution is 0.660. The van der Waals surface area contributed by atoms with E-state index in [2.05, 4.69) is 240 Å². The third kappa shape index (κ3) is 7.73. The highest BCUT2D eigenvalue weighted by Gasteiger charge is 2.37. The van der Waals surface area contributed by atoms with Crippen molar-refractivity contribution in [3.05, 3.63) is 259 Å². The lowest BCUT2D eigenvalue weighted by Crippen LogP contribution is -2.15. The van der Waals surface area contributed by atoms with Gasteiger partial charge in [-0.3, -0.25) is 0 Å². The van der Waals surface area contributed by atoms with Gasteiger partial charge in [-0.2, -0.15) is 0 Å². The minimum atomic E-state index is -0.184. The van der Waals surface area contributed by atoms with Gasteiger partial charge in [-0.1, -0.05) is 216 Å². The number of benzene rings is 10. The number of nitrogens with zero attached hydrogens (tertiary/aromatic N) is 5. The van der Waals surface area contributed by atoms with Crippen molar-refractivity contribution in [1.82, 2.24) is 24.9 Å². The molecule has 0 unspecified atom stereocenters. The summed E-state index contributed by atoms with van der Waals surface area (Å²) in [5.41, 5.74) is 23.2. The molecular weight excluding hydrogens is 963 g/mol. The monoisotopic (exact) mass is 1010 g/mol. The zero-order valence-electron chi connectivity index (χ0n) is 44.2. The first-order chi connectivity index (χ1) is 38.6. The van der Waals surface area contributed by atoms with Crippen molar-refractivity contribution in [2.45, 2.75) is 38.5 Å². The van der Waals surface area contributed by atoms with Crippen molar-refractivity contribution in [1.29, 1.82) is 0 Å². The average molecular weight is 1010 g/mol. The van der Waals surface area contributed by atoms with Crippen molar-refractivity contribution in [3.8, 4) is 113 Å². The van der Waals surface area contributed by atoms with E-state index in [4.69, 9.17) is 29.3 Å². The Bertz CT molecular complexity index is 4480. The predicted molar refractivity (Wildman–Crippen MR) is 321 cm³/mol. The van der Waals surface area contributed by atoms with E-state index in [-0.39, 0.29) is 10.8 Å². The van der Waals surface area contributed by atoms with Crippen LogP contribution in [-0.2, 0) is 10.8 Å². The lowest BCUT2D eigenvalue weighted by Gasteiger charge is -2.22. The Morgan fingerprint density at radius 2 is 0.658 bits per heavy atom. The second-order valence-electron chi connectivity index (χ2n) is 22.0. The minimum Gasteiger partial charge on any atom is -0.456 e. The maximum absolute atomic E-state index is 6.36. The van der Waals surface area contributed by atoms with Crippen LogP contribution in [0, 0.1) is 0 Å². The van der Waals surface area contributed by atoms with Gasteiger partial charge in [-0.05, 0) is 115 Å². The predicted octanol–water partition coefficient (Wildman–Crippen LogP) is 18.5. The van der Waals surface area contributed by atoms with Gasteiger partial charge in [-0.15, -0.1) is 0 Å². The van der Waals surface area contributed by atoms with Crippen LogP contribution in [-0.4, -0.2) is 24.9 Å². The molecule has 13 aromatic rings. The molecule has 6 heteroatoms. The van der Waals surface area contributed by atoms with Crippen molar-refractivity contribution in [2.24, 2.45) is 0 Å². The van der Waals surface area contributed by atoms with Gasteiger partial charge in [0.15, 0.2) is 23.3 Å². The van der Waals surface area contributed by atoms with E-state index in [9.17, 15) is 0 Å². The zero-order chi connectivity index (χ0) is 53.0. The molecule has 3 aromatic heterocycles. The molecule has 0 spiro atoms. The molecule has 2 aliphatic carbocycles. The van der Waals surface area contributed by atoms with Crippen LogP contribution in [0.3, 0.4) is 0 Å². The third-order valence-electron chi connectivity index (χ3n) is 16.6. The van der Waals surface area contributed by atoms with Crippen molar-refractivity contribution < 1.29 is 4.42 Å². The summed E-state index contributed by atoms with van der Waals surface area (Å²) in [7, 11) is 0. The summed E-state index contributed by atoms with van der Waals surface area (Å²) in [6.45, 7) is 9.25. The lowest BCUT2D eigenvalue weighted by atomic mass is 9.82. The van der Waals surface area contributed by atoms with Crippen LogP contribution in [0.15, 0.2) is 241 Å². The van der Waals surface area contributed by atoms with Crippen LogP contribution in [0.1, 0.15) is 49.9 Å². The number of para-hydroxylation sites is 1. The highest BCUT2D eigenvalue weighted by Crippen LogP contribution is 2.51. The Morgan fingerprint density at radius 3 is 1.29 bits per heavy atom. The molecule has 0 saturated carbocycles. The Morgan fingerprint density at radius 1 is 0.253 bits per heavy atom. The van der Waals surface area contributed by atoms with Gasteiger partial charge in [0.1, 0.15) is 11.2 Å². The molecule has 10 aromatic carbocycles. The van der Waals surface area contributed by atoms with Crippen molar-refractivity contribution in [2.75, 3.05) is 0 Å². The summed E-state index contributed by atoms with van der Waals surface area (Å²) in [5, 5.41) is 2.14. The van der Waals surface area contributed by atoms with Crippen LogP contribution in [0.2, 0.25) is 0 Å². The van der Waals surface area contributed by atoms with Gasteiger partial charge in [0.2, 0.25) is 0 Å². The van der Waals surface area contributed by atoms with Gasteiger partial charge in [0, 0.05) is 55.0 Å². The Hall–Kier alpha value is -9.91. The first-order valence-corrected chi connectivity index (χ1v) is 27.0. The van der Waals surface area contributed by atoms with Crippen molar-refractivity contribution >= 4 is 21.9 Å². The van der Waals surface area contributed by atoms with Gasteiger partial charge in [0.25, 0.3) is 0 Å². The minimum absolute atomic E-state index is 0.184. The number of fused-ring (bicyclic) bond motifs is 9. The fourth-order valence-corrected chi connectivity index (χ4v) is 12.3. The van der Waals surface area contributed by atoms with E-state index in [0.29, 0.717) is 23.3 Å². The molecular formula is C73H51N5O. The van der Waals surface area contributed by atoms with Crippen LogP contribution < -0.4 is 0 Å². The van der Waals surface area contributed by atoms with Crippen LogP contribution >= 0.6 is 0 Å². The smallest absolute Gasteiger partial charge is 0.164 e. The molecule has 0 radical (unpaired) electrons. The first kappa shape index (κ1) is 46.4. The average Bonchev–Trinajstić information content (AvgIpc) is 4.31. The van der Waals surface area contributed by atoms with Crippen LogP contribution in [0.5, 0.6) is 0 Å². The van der Waals surface area contributed by atoms with Gasteiger partial charge in [0.05, 0.1) is 11.4 Å². The summed E-state index contributed by atoms with van der Waals surface area (Å²) in [4.78, 5) is 26.6. The molecule has 0 aliphatic heterocycles. The van der Waals surface area contributed by atoms with Gasteiger partial charge < -0.3 is 4.42 Å². The van der Waals surface area contributed by atoms with E-state index < -0.39 is 0 Å². The molecule has 2 aliphatic rings. The molecule has 0 amide bonds. The largest absolute Gasteiger partial charge is 0.456 e. The summed E-state index contributed by atoms with van der Waals surface area (Å²) >= 11 is 0. The van der Waals surface area contributed by atoms with E-state index in [0.717, 1.165) is 83.4 Å². The van der Waals surface area contributed by atoms with Crippen molar-refractivity contribution in [3.63, 3.8) is 0 Å². The Kier molecular flexibility index (Phi) is 10.5. The van der Waals surface area contributed by atoms with E-state index in [1.165, 1.54) is 50.1 Å².